The lowest BCUT2D eigenvalue weighted by atomic mass is 9.75. The molecule has 2 unspecified atom stereocenters. The number of piperidine rings is 1. The van der Waals surface area contributed by atoms with Crippen LogP contribution in [0.15, 0.2) is 42.6 Å². The average molecular weight is 407 g/mol. The minimum atomic E-state index is -0.345. The molecule has 1 fully saturated rings. The van der Waals surface area contributed by atoms with Crippen LogP contribution in [0.5, 0.6) is 0 Å². The van der Waals surface area contributed by atoms with Gasteiger partial charge in [0.15, 0.2) is 0 Å². The predicted octanol–water partition coefficient (Wildman–Crippen LogP) is 2.76. The number of hydrogen-bond donors (Lipinski definition) is 3. The fourth-order valence-corrected chi connectivity index (χ4v) is 3.65. The summed E-state index contributed by atoms with van der Waals surface area (Å²) in [7, 11) is 0. The van der Waals surface area contributed by atoms with E-state index in [1.807, 2.05) is 55.1 Å². The second kappa shape index (κ2) is 10.0. The fraction of sp³-hybridized carbons (Fsp3) is 0.524. The number of rotatable bonds is 7. The number of carbonyl (C=O) groups is 1. The minimum absolute atomic E-state index is 0. The Hall–Kier alpha value is -1.89. The number of nitrogens with one attached hydrogen (secondary N) is 2. The van der Waals surface area contributed by atoms with Crippen molar-refractivity contribution in [2.45, 2.75) is 38.6 Å². The number of aromatic nitrogens is 2. The molecule has 2 aromatic rings. The molecule has 0 spiro atoms. The Balaban J connectivity index is 0.00000280. The van der Waals surface area contributed by atoms with Crippen LogP contribution >= 0.6 is 12.4 Å². The molecule has 154 valence electrons. The van der Waals surface area contributed by atoms with E-state index in [4.69, 9.17) is 0 Å². The van der Waals surface area contributed by atoms with Gasteiger partial charge in [0, 0.05) is 31.8 Å². The van der Waals surface area contributed by atoms with Gasteiger partial charge in [0.05, 0.1) is 6.04 Å². The van der Waals surface area contributed by atoms with Crippen molar-refractivity contribution in [3.63, 3.8) is 0 Å². The quantitative estimate of drug-likeness (QED) is 0.660. The van der Waals surface area contributed by atoms with E-state index in [-0.39, 0.29) is 36.3 Å². The number of benzene rings is 1. The fourth-order valence-electron chi connectivity index (χ4n) is 3.65. The molecular formula is C21H31ClN4O2. The Bertz CT molecular complexity index is 742. The van der Waals surface area contributed by atoms with E-state index in [9.17, 15) is 9.90 Å². The number of carbonyl (C=O) groups excluding carboxylic acids is 1. The van der Waals surface area contributed by atoms with E-state index in [1.54, 1.807) is 6.07 Å². The molecule has 3 rings (SSSR count). The molecule has 0 saturated carbocycles. The average Bonchev–Trinajstić information content (AvgIpc) is 3.20. The van der Waals surface area contributed by atoms with Crippen molar-refractivity contribution in [2.75, 3.05) is 26.2 Å². The second-order valence-corrected chi connectivity index (χ2v) is 8.00. The SMILES string of the molecule is CC(C)(CO)C(CNC(=O)c1ccn(C2CCCNC2)n1)c1ccccc1.Cl. The van der Waals surface area contributed by atoms with Crippen molar-refractivity contribution in [1.29, 1.82) is 0 Å². The van der Waals surface area contributed by atoms with Crippen molar-refractivity contribution in [2.24, 2.45) is 5.41 Å². The molecule has 0 bridgehead atoms. The molecule has 3 N–H and O–H groups in total. The summed E-state index contributed by atoms with van der Waals surface area (Å²) in [5.41, 5.74) is 1.20. The number of nitrogens with zero attached hydrogens (tertiary/aromatic N) is 2. The van der Waals surface area contributed by atoms with E-state index in [2.05, 4.69) is 15.7 Å². The summed E-state index contributed by atoms with van der Waals surface area (Å²) in [4.78, 5) is 12.6. The Kier molecular flexibility index (Phi) is 8.04. The third kappa shape index (κ3) is 5.34. The summed E-state index contributed by atoms with van der Waals surface area (Å²) in [6.07, 6.45) is 4.09. The monoisotopic (exact) mass is 406 g/mol. The van der Waals surface area contributed by atoms with Gasteiger partial charge in [-0.15, -0.1) is 12.4 Å². The number of amides is 1. The largest absolute Gasteiger partial charge is 0.396 e. The van der Waals surface area contributed by atoms with Crippen LogP contribution in [0.1, 0.15) is 54.7 Å². The molecule has 1 aromatic heterocycles. The van der Waals surface area contributed by atoms with Crippen LogP contribution in [0, 0.1) is 5.41 Å². The summed E-state index contributed by atoms with van der Waals surface area (Å²) < 4.78 is 1.90. The predicted molar refractivity (Wildman–Crippen MR) is 113 cm³/mol. The summed E-state index contributed by atoms with van der Waals surface area (Å²) in [6.45, 7) is 6.47. The first-order valence-electron chi connectivity index (χ1n) is 9.71. The summed E-state index contributed by atoms with van der Waals surface area (Å²) in [5.74, 6) is -0.163. The maximum absolute atomic E-state index is 12.6. The first kappa shape index (κ1) is 22.4. The lowest BCUT2D eigenvalue weighted by Crippen LogP contribution is -2.37. The third-order valence-corrected chi connectivity index (χ3v) is 5.51. The van der Waals surface area contributed by atoms with E-state index in [1.165, 1.54) is 0 Å². The highest BCUT2D eigenvalue weighted by molar-refractivity contribution is 5.92. The van der Waals surface area contributed by atoms with Crippen LogP contribution in [0.4, 0.5) is 0 Å². The molecule has 1 aliphatic rings. The Morgan fingerprint density at radius 2 is 2.11 bits per heavy atom. The molecule has 0 aliphatic carbocycles. The van der Waals surface area contributed by atoms with Crippen LogP contribution < -0.4 is 10.6 Å². The highest BCUT2D eigenvalue weighted by Gasteiger charge is 2.30. The van der Waals surface area contributed by atoms with Gasteiger partial charge in [-0.2, -0.15) is 5.10 Å². The van der Waals surface area contributed by atoms with Crippen LogP contribution in [-0.2, 0) is 0 Å². The Labute approximate surface area is 173 Å². The maximum Gasteiger partial charge on any atom is 0.271 e. The van der Waals surface area contributed by atoms with Crippen LogP contribution in [0.2, 0.25) is 0 Å². The van der Waals surface area contributed by atoms with Gasteiger partial charge in [-0.1, -0.05) is 44.2 Å². The van der Waals surface area contributed by atoms with Crippen molar-refractivity contribution >= 4 is 18.3 Å². The highest BCUT2D eigenvalue weighted by Crippen LogP contribution is 2.34. The molecule has 7 heteroatoms. The molecule has 1 amide bonds. The zero-order chi connectivity index (χ0) is 19.3. The van der Waals surface area contributed by atoms with Gasteiger partial charge >= 0.3 is 0 Å². The van der Waals surface area contributed by atoms with E-state index >= 15 is 0 Å². The number of hydrogen-bond acceptors (Lipinski definition) is 4. The van der Waals surface area contributed by atoms with Crippen molar-refractivity contribution in [1.82, 2.24) is 20.4 Å². The van der Waals surface area contributed by atoms with Gasteiger partial charge in [0.25, 0.3) is 5.91 Å². The molecule has 28 heavy (non-hydrogen) atoms. The first-order valence-corrected chi connectivity index (χ1v) is 9.71. The first-order chi connectivity index (χ1) is 13.0. The van der Waals surface area contributed by atoms with Gasteiger partial charge in [0.1, 0.15) is 5.69 Å². The normalized spacial score (nSPS) is 18.2. The summed E-state index contributed by atoms with van der Waals surface area (Å²) >= 11 is 0. The molecule has 1 aromatic carbocycles. The van der Waals surface area contributed by atoms with Crippen LogP contribution in [-0.4, -0.2) is 47.0 Å². The van der Waals surface area contributed by atoms with E-state index in [0.717, 1.165) is 31.5 Å². The number of aliphatic hydroxyl groups excluding tert-OH is 1. The zero-order valence-electron chi connectivity index (χ0n) is 16.6. The van der Waals surface area contributed by atoms with Crippen molar-refractivity contribution in [3.05, 3.63) is 53.9 Å². The lowest BCUT2D eigenvalue weighted by molar-refractivity contribution is 0.0914. The van der Waals surface area contributed by atoms with Crippen molar-refractivity contribution < 1.29 is 9.90 Å². The Morgan fingerprint density at radius 1 is 1.36 bits per heavy atom. The maximum atomic E-state index is 12.6. The number of halogens is 1. The van der Waals surface area contributed by atoms with Gasteiger partial charge < -0.3 is 15.7 Å². The highest BCUT2D eigenvalue weighted by atomic mass is 35.5. The second-order valence-electron chi connectivity index (χ2n) is 8.00. The Morgan fingerprint density at radius 3 is 2.75 bits per heavy atom. The molecule has 1 saturated heterocycles. The number of aliphatic hydroxyl groups is 1. The van der Waals surface area contributed by atoms with Crippen LogP contribution in [0.25, 0.3) is 0 Å². The lowest BCUT2D eigenvalue weighted by Gasteiger charge is -2.33. The molecule has 6 nitrogen and oxygen atoms in total. The molecular weight excluding hydrogens is 376 g/mol. The molecule has 2 heterocycles. The molecule has 1 aliphatic heterocycles. The molecule has 2 atom stereocenters. The van der Waals surface area contributed by atoms with Crippen LogP contribution in [0.3, 0.4) is 0 Å². The molecule has 0 radical (unpaired) electrons. The summed E-state index contributed by atoms with van der Waals surface area (Å²) in [6, 6.07) is 12.1. The van der Waals surface area contributed by atoms with E-state index < -0.39 is 0 Å². The minimum Gasteiger partial charge on any atom is -0.396 e. The van der Waals surface area contributed by atoms with E-state index in [0.29, 0.717) is 18.3 Å². The van der Waals surface area contributed by atoms with Crippen molar-refractivity contribution in [3.8, 4) is 0 Å². The summed E-state index contributed by atoms with van der Waals surface area (Å²) in [5, 5.41) is 20.7. The zero-order valence-corrected chi connectivity index (χ0v) is 17.4. The van der Waals surface area contributed by atoms with Gasteiger partial charge in [-0.05, 0) is 36.4 Å². The smallest absolute Gasteiger partial charge is 0.271 e. The third-order valence-electron chi connectivity index (χ3n) is 5.51. The van der Waals surface area contributed by atoms with Gasteiger partial charge in [-0.3, -0.25) is 9.48 Å². The topological polar surface area (TPSA) is 79.2 Å². The van der Waals surface area contributed by atoms with Gasteiger partial charge in [-0.25, -0.2) is 0 Å². The standard InChI is InChI=1S/C21H30N4O2.ClH/c1-21(2,15-26)18(16-7-4-3-5-8-16)14-23-20(27)19-10-12-25(24-19)17-9-6-11-22-13-17;/h3-5,7-8,10,12,17-18,22,26H,6,9,11,13-15H2,1-2H3,(H,23,27);1H. The van der Waals surface area contributed by atoms with Gasteiger partial charge in [0.2, 0.25) is 0 Å².